The van der Waals surface area contributed by atoms with Crippen molar-refractivity contribution in [1.82, 2.24) is 4.31 Å². The summed E-state index contributed by atoms with van der Waals surface area (Å²) in [6.45, 7) is 4.83. The number of halogens is 1. The normalized spacial score (nSPS) is 23.5. The lowest BCUT2D eigenvalue weighted by molar-refractivity contribution is 0.344. The van der Waals surface area contributed by atoms with Crippen LogP contribution in [0.15, 0.2) is 27.7 Å². The minimum atomic E-state index is -3.74. The molecule has 1 fully saturated rings. The SMILES string of the molecule is Cc1c(S(=O)(=O)N2CCC(C)(CN)C2)oc2ccc(F)cc12. The van der Waals surface area contributed by atoms with Gasteiger partial charge in [0.1, 0.15) is 11.4 Å². The molecule has 2 N–H and O–H groups in total. The zero-order valence-corrected chi connectivity index (χ0v) is 13.4. The van der Waals surface area contributed by atoms with Crippen molar-refractivity contribution in [3.8, 4) is 0 Å². The van der Waals surface area contributed by atoms with Crippen LogP contribution in [0.3, 0.4) is 0 Å². The lowest BCUT2D eigenvalue weighted by atomic mass is 9.90. The van der Waals surface area contributed by atoms with E-state index in [2.05, 4.69) is 0 Å². The van der Waals surface area contributed by atoms with Crippen molar-refractivity contribution in [2.75, 3.05) is 19.6 Å². The Labute approximate surface area is 128 Å². The second-order valence-electron chi connectivity index (χ2n) is 6.26. The molecule has 0 aliphatic carbocycles. The predicted molar refractivity (Wildman–Crippen MR) is 81.4 cm³/mol. The van der Waals surface area contributed by atoms with Crippen LogP contribution in [0.2, 0.25) is 0 Å². The van der Waals surface area contributed by atoms with Gasteiger partial charge in [0.2, 0.25) is 5.09 Å². The first kappa shape index (κ1) is 15.5. The average Bonchev–Trinajstić information content (AvgIpc) is 3.02. The van der Waals surface area contributed by atoms with Crippen LogP contribution in [0.4, 0.5) is 4.39 Å². The van der Waals surface area contributed by atoms with Crippen LogP contribution in [-0.2, 0) is 10.0 Å². The molecule has 0 saturated carbocycles. The number of nitrogens with zero attached hydrogens (tertiary/aromatic N) is 1. The van der Waals surface area contributed by atoms with E-state index in [0.29, 0.717) is 36.2 Å². The number of hydrogen-bond donors (Lipinski definition) is 1. The Balaban J connectivity index is 2.05. The molecule has 1 saturated heterocycles. The van der Waals surface area contributed by atoms with E-state index in [0.717, 1.165) is 6.42 Å². The Hall–Kier alpha value is -1.44. The van der Waals surface area contributed by atoms with E-state index in [4.69, 9.17) is 10.2 Å². The highest BCUT2D eigenvalue weighted by atomic mass is 32.2. The Morgan fingerprint density at radius 3 is 2.82 bits per heavy atom. The van der Waals surface area contributed by atoms with Gasteiger partial charge in [0.25, 0.3) is 10.0 Å². The van der Waals surface area contributed by atoms with Crippen molar-refractivity contribution >= 4 is 21.0 Å². The molecule has 1 aromatic heterocycles. The topological polar surface area (TPSA) is 76.5 Å². The Morgan fingerprint density at radius 1 is 1.45 bits per heavy atom. The molecule has 1 aromatic carbocycles. The van der Waals surface area contributed by atoms with Crippen molar-refractivity contribution in [2.45, 2.75) is 25.4 Å². The number of hydrogen-bond acceptors (Lipinski definition) is 4. The van der Waals surface area contributed by atoms with Gasteiger partial charge >= 0.3 is 0 Å². The summed E-state index contributed by atoms with van der Waals surface area (Å²) in [6.07, 6.45) is 0.719. The molecular weight excluding hydrogens is 307 g/mol. The maximum Gasteiger partial charge on any atom is 0.276 e. The Morgan fingerprint density at radius 2 is 2.18 bits per heavy atom. The quantitative estimate of drug-likeness (QED) is 0.938. The predicted octanol–water partition coefficient (Wildman–Crippen LogP) is 2.24. The van der Waals surface area contributed by atoms with Crippen molar-refractivity contribution in [2.24, 2.45) is 11.1 Å². The van der Waals surface area contributed by atoms with Crippen LogP contribution in [0.25, 0.3) is 11.0 Å². The second-order valence-corrected chi connectivity index (χ2v) is 8.10. The van der Waals surface area contributed by atoms with Gasteiger partial charge in [-0.2, -0.15) is 4.31 Å². The molecule has 0 spiro atoms. The number of nitrogens with two attached hydrogens (primary N) is 1. The first-order valence-electron chi connectivity index (χ1n) is 7.16. The zero-order chi connectivity index (χ0) is 16.1. The number of rotatable bonds is 3. The number of furan rings is 1. The number of benzene rings is 1. The highest BCUT2D eigenvalue weighted by Gasteiger charge is 2.41. The van der Waals surface area contributed by atoms with Gasteiger partial charge < -0.3 is 10.2 Å². The summed E-state index contributed by atoms with van der Waals surface area (Å²) in [4.78, 5) is 0. The van der Waals surface area contributed by atoms with Crippen molar-refractivity contribution in [1.29, 1.82) is 0 Å². The summed E-state index contributed by atoms with van der Waals surface area (Å²) < 4.78 is 45.9. The lowest BCUT2D eigenvalue weighted by Gasteiger charge is -2.21. The third-order valence-electron chi connectivity index (χ3n) is 4.44. The van der Waals surface area contributed by atoms with E-state index in [1.54, 1.807) is 6.92 Å². The molecule has 2 heterocycles. The molecule has 1 atom stereocenters. The first-order valence-corrected chi connectivity index (χ1v) is 8.60. The van der Waals surface area contributed by atoms with Gasteiger partial charge in [-0.15, -0.1) is 0 Å². The van der Waals surface area contributed by atoms with E-state index < -0.39 is 15.8 Å². The molecule has 1 aliphatic heterocycles. The maximum atomic E-state index is 13.4. The number of fused-ring (bicyclic) bond motifs is 1. The van der Waals surface area contributed by atoms with E-state index in [-0.39, 0.29) is 10.5 Å². The fourth-order valence-electron chi connectivity index (χ4n) is 2.88. The van der Waals surface area contributed by atoms with Crippen molar-refractivity contribution in [3.63, 3.8) is 0 Å². The third kappa shape index (κ3) is 2.33. The summed E-state index contributed by atoms with van der Waals surface area (Å²) >= 11 is 0. The summed E-state index contributed by atoms with van der Waals surface area (Å²) in [5, 5.41) is 0.383. The minimum absolute atomic E-state index is 0.102. The molecule has 3 rings (SSSR count). The minimum Gasteiger partial charge on any atom is -0.443 e. The highest BCUT2D eigenvalue weighted by molar-refractivity contribution is 7.89. The van der Waals surface area contributed by atoms with Crippen LogP contribution in [0.1, 0.15) is 18.9 Å². The maximum absolute atomic E-state index is 13.4. The van der Waals surface area contributed by atoms with Crippen LogP contribution < -0.4 is 5.73 Å². The molecule has 1 aliphatic rings. The molecule has 1 unspecified atom stereocenters. The van der Waals surface area contributed by atoms with Crippen LogP contribution in [0, 0.1) is 18.2 Å². The fraction of sp³-hybridized carbons (Fsp3) is 0.467. The second kappa shape index (κ2) is 5.04. The fourth-order valence-corrected chi connectivity index (χ4v) is 4.62. The van der Waals surface area contributed by atoms with Crippen molar-refractivity contribution < 1.29 is 17.2 Å². The number of sulfonamides is 1. The van der Waals surface area contributed by atoms with Gasteiger partial charge in [0.05, 0.1) is 0 Å². The smallest absolute Gasteiger partial charge is 0.276 e. The summed E-state index contributed by atoms with van der Waals surface area (Å²) in [6, 6.07) is 3.99. The monoisotopic (exact) mass is 326 g/mol. The van der Waals surface area contributed by atoms with E-state index in [9.17, 15) is 12.8 Å². The van der Waals surface area contributed by atoms with Crippen LogP contribution in [-0.4, -0.2) is 32.4 Å². The first-order chi connectivity index (χ1) is 10.3. The molecule has 5 nitrogen and oxygen atoms in total. The molecule has 120 valence electrons. The zero-order valence-electron chi connectivity index (χ0n) is 12.6. The lowest BCUT2D eigenvalue weighted by Crippen LogP contribution is -2.34. The van der Waals surface area contributed by atoms with E-state index in [1.165, 1.54) is 22.5 Å². The molecule has 7 heteroatoms. The van der Waals surface area contributed by atoms with Gasteiger partial charge in [-0.05, 0) is 43.5 Å². The standard InChI is InChI=1S/C15H19FN2O3S/c1-10-12-7-11(16)3-4-13(12)21-14(10)22(19,20)18-6-5-15(2,8-17)9-18/h3-4,7H,5-6,8-9,17H2,1-2H3. The van der Waals surface area contributed by atoms with Gasteiger partial charge in [-0.25, -0.2) is 12.8 Å². The van der Waals surface area contributed by atoms with Crippen molar-refractivity contribution in [3.05, 3.63) is 29.6 Å². The van der Waals surface area contributed by atoms with Crippen LogP contribution in [0.5, 0.6) is 0 Å². The third-order valence-corrected chi connectivity index (χ3v) is 6.29. The van der Waals surface area contributed by atoms with E-state index >= 15 is 0 Å². The van der Waals surface area contributed by atoms with Gasteiger partial charge in [0, 0.05) is 24.0 Å². The number of aryl methyl sites for hydroxylation is 1. The Bertz CT molecular complexity index is 831. The van der Waals surface area contributed by atoms with Gasteiger partial charge in [-0.3, -0.25) is 0 Å². The highest BCUT2D eigenvalue weighted by Crippen LogP contribution is 2.36. The molecule has 2 aromatic rings. The Kier molecular flexibility index (Phi) is 3.54. The molecule has 22 heavy (non-hydrogen) atoms. The average molecular weight is 326 g/mol. The summed E-state index contributed by atoms with van der Waals surface area (Å²) in [7, 11) is -3.74. The van der Waals surface area contributed by atoms with Crippen LogP contribution >= 0.6 is 0 Å². The summed E-state index contributed by atoms with van der Waals surface area (Å²) in [5.74, 6) is -0.419. The van der Waals surface area contributed by atoms with E-state index in [1.807, 2.05) is 6.92 Å². The molecular formula is C15H19FN2O3S. The molecule has 0 radical (unpaired) electrons. The molecule has 0 bridgehead atoms. The summed E-state index contributed by atoms with van der Waals surface area (Å²) in [5.41, 5.74) is 6.34. The van der Waals surface area contributed by atoms with Gasteiger partial charge in [0.15, 0.2) is 0 Å². The molecule has 0 amide bonds. The largest absolute Gasteiger partial charge is 0.443 e. The van der Waals surface area contributed by atoms with Gasteiger partial charge in [-0.1, -0.05) is 6.92 Å².